The highest BCUT2D eigenvalue weighted by atomic mass is 16.5. The number of methoxy groups -OCH3 is 1. The number of anilines is 3. The van der Waals surface area contributed by atoms with Crippen molar-refractivity contribution in [2.24, 2.45) is 0 Å². The van der Waals surface area contributed by atoms with Gasteiger partial charge in [-0.2, -0.15) is 0 Å². The summed E-state index contributed by atoms with van der Waals surface area (Å²) in [4.78, 5) is 27.7. The second-order valence-corrected chi connectivity index (χ2v) is 8.02. The molecule has 37 heavy (non-hydrogen) atoms. The Morgan fingerprint density at radius 2 is 1.92 bits per heavy atom. The monoisotopic (exact) mass is 504 g/mol. The van der Waals surface area contributed by atoms with E-state index in [9.17, 15) is 9.59 Å². The molecule has 194 valence electrons. The molecule has 1 heterocycles. The fraction of sp³-hybridized carbons (Fsp3) is 0.259. The van der Waals surface area contributed by atoms with Crippen LogP contribution in [0.5, 0.6) is 5.75 Å². The highest BCUT2D eigenvalue weighted by Gasteiger charge is 2.32. The second kappa shape index (κ2) is 12.9. The largest absolute Gasteiger partial charge is 0.497 e. The van der Waals surface area contributed by atoms with Crippen LogP contribution in [0.15, 0.2) is 71.6 Å². The predicted molar refractivity (Wildman–Crippen MR) is 146 cm³/mol. The Morgan fingerprint density at radius 3 is 2.57 bits per heavy atom. The summed E-state index contributed by atoms with van der Waals surface area (Å²) >= 11 is 0. The number of allylic oxidation sites excluding steroid dienone is 1. The minimum Gasteiger partial charge on any atom is -0.497 e. The summed E-state index contributed by atoms with van der Waals surface area (Å²) in [6.45, 7) is 2.59. The molecule has 0 aromatic heterocycles. The van der Waals surface area contributed by atoms with E-state index in [1.54, 1.807) is 56.3 Å². The van der Waals surface area contributed by atoms with E-state index in [0.29, 0.717) is 42.2 Å². The first-order chi connectivity index (χ1) is 17.9. The Kier molecular flexibility index (Phi) is 9.42. The maximum absolute atomic E-state index is 13.7. The summed E-state index contributed by atoms with van der Waals surface area (Å²) in [7, 11) is 3.36. The maximum atomic E-state index is 13.7. The van der Waals surface area contributed by atoms with Crippen LogP contribution in [0.3, 0.4) is 0 Å². The van der Waals surface area contributed by atoms with Gasteiger partial charge in [-0.15, -0.1) is 0 Å². The van der Waals surface area contributed by atoms with Crippen LogP contribution < -0.4 is 25.6 Å². The van der Waals surface area contributed by atoms with Gasteiger partial charge >= 0.3 is 5.97 Å². The summed E-state index contributed by atoms with van der Waals surface area (Å²) in [5, 5.41) is 25.1. The summed E-state index contributed by atoms with van der Waals surface area (Å²) in [6.07, 6.45) is 3.17. The molecule has 0 saturated heterocycles. The summed E-state index contributed by atoms with van der Waals surface area (Å²) in [5.41, 5.74) is 3.06. The van der Waals surface area contributed by atoms with Gasteiger partial charge in [-0.05, 0) is 61.9 Å². The van der Waals surface area contributed by atoms with Crippen molar-refractivity contribution >= 4 is 40.9 Å². The van der Waals surface area contributed by atoms with Crippen LogP contribution in [-0.2, 0) is 14.3 Å². The first-order valence-electron chi connectivity index (χ1n) is 11.8. The van der Waals surface area contributed by atoms with Crippen molar-refractivity contribution in [2.75, 3.05) is 49.4 Å². The number of carbonyl (C=O) groups excluding carboxylic acids is 2. The zero-order valence-corrected chi connectivity index (χ0v) is 21.2. The van der Waals surface area contributed by atoms with Gasteiger partial charge in [0.2, 0.25) is 0 Å². The lowest BCUT2D eigenvalue weighted by molar-refractivity contribution is -0.135. The molecule has 10 nitrogen and oxygen atoms in total. The number of carbonyl (C=O) groups is 2. The van der Waals surface area contributed by atoms with Crippen LogP contribution in [0, 0.1) is 10.8 Å². The van der Waals surface area contributed by atoms with Crippen molar-refractivity contribution in [3.63, 3.8) is 0 Å². The average molecular weight is 505 g/mol. The number of hydrogen-bond acceptors (Lipinski definition) is 9. The summed E-state index contributed by atoms with van der Waals surface area (Å²) in [6, 6.07) is 14.5. The number of amides is 1. The molecule has 0 aliphatic carbocycles. The van der Waals surface area contributed by atoms with Gasteiger partial charge in [-0.3, -0.25) is 10.2 Å². The third kappa shape index (κ3) is 6.75. The van der Waals surface area contributed by atoms with E-state index >= 15 is 0 Å². The van der Waals surface area contributed by atoms with Crippen LogP contribution in [0.4, 0.5) is 17.1 Å². The third-order valence-electron chi connectivity index (χ3n) is 5.73. The lowest BCUT2D eigenvalue weighted by atomic mass is 9.98. The molecule has 0 bridgehead atoms. The van der Waals surface area contributed by atoms with Gasteiger partial charge in [0.05, 0.1) is 20.3 Å². The van der Waals surface area contributed by atoms with Crippen molar-refractivity contribution in [1.82, 2.24) is 5.32 Å². The number of rotatable bonds is 12. The van der Waals surface area contributed by atoms with E-state index in [1.165, 1.54) is 6.21 Å². The number of benzene rings is 2. The number of likely N-dealkylation sites (N-methyl/N-ethyl adjacent to an activating group) is 1. The Hall–Kier alpha value is -4.60. The van der Waals surface area contributed by atoms with Crippen LogP contribution in [0.2, 0.25) is 0 Å². The van der Waals surface area contributed by atoms with E-state index in [0.717, 1.165) is 11.4 Å². The Balaban J connectivity index is 1.91. The molecule has 0 atom stereocenters. The minimum absolute atomic E-state index is 0.139. The van der Waals surface area contributed by atoms with Crippen molar-refractivity contribution in [3.05, 3.63) is 71.6 Å². The van der Waals surface area contributed by atoms with Crippen LogP contribution in [-0.4, -0.2) is 57.7 Å². The molecule has 0 saturated carbocycles. The molecule has 0 radical (unpaired) electrons. The van der Waals surface area contributed by atoms with Crippen molar-refractivity contribution in [2.45, 2.75) is 13.3 Å². The average Bonchev–Trinajstić information content (AvgIpc) is 2.92. The zero-order chi connectivity index (χ0) is 26.8. The lowest BCUT2D eigenvalue weighted by Crippen LogP contribution is -2.42. The fourth-order valence-electron chi connectivity index (χ4n) is 3.80. The smallest absolute Gasteiger partial charge is 0.356 e. The van der Waals surface area contributed by atoms with Gasteiger partial charge in [-0.1, -0.05) is 6.07 Å². The number of hydrogen-bond donors (Lipinski definition) is 5. The number of esters is 1. The Morgan fingerprint density at radius 1 is 1.16 bits per heavy atom. The second-order valence-electron chi connectivity index (χ2n) is 8.02. The molecule has 3 rings (SSSR count). The predicted octanol–water partition coefficient (Wildman–Crippen LogP) is 3.55. The van der Waals surface area contributed by atoms with E-state index in [1.807, 2.05) is 24.3 Å². The molecule has 0 fully saturated rings. The SMILES string of the molecule is CCOC(=O)C(=N)C1=C(Nc2ccc(OC)cc2)C(=O)N(c2cccc(NC/C(=C/C=N)NC)c2)CC1. The number of nitrogens with zero attached hydrogens (tertiary/aromatic N) is 1. The molecular weight excluding hydrogens is 472 g/mol. The molecule has 1 amide bonds. The van der Waals surface area contributed by atoms with Crippen molar-refractivity contribution < 1.29 is 19.1 Å². The van der Waals surface area contributed by atoms with Crippen LogP contribution in [0.25, 0.3) is 0 Å². The van der Waals surface area contributed by atoms with E-state index < -0.39 is 5.97 Å². The summed E-state index contributed by atoms with van der Waals surface area (Å²) < 4.78 is 10.2. The molecule has 2 aromatic carbocycles. The third-order valence-corrected chi connectivity index (χ3v) is 5.73. The quantitative estimate of drug-likeness (QED) is 0.220. The molecule has 2 aromatic rings. The van der Waals surface area contributed by atoms with Crippen LogP contribution >= 0.6 is 0 Å². The lowest BCUT2D eigenvalue weighted by Gasteiger charge is -2.31. The standard InChI is InChI=1S/C27H32N6O4/c1-4-37-27(35)24(29)23-13-15-33(26(34)25(23)32-18-8-10-22(36-3)11-9-18)21-7-5-6-19(16-21)31-17-20(30-2)12-14-28/h5-12,14,16,28-32H,4,13,15,17H2,1-3H3/b20-12-,28-14?,29-24?. The normalized spacial score (nSPS) is 13.6. The number of nitrogens with one attached hydrogen (secondary N) is 5. The molecule has 0 unspecified atom stereocenters. The first-order valence-corrected chi connectivity index (χ1v) is 11.8. The van der Waals surface area contributed by atoms with Gasteiger partial charge < -0.3 is 35.7 Å². The summed E-state index contributed by atoms with van der Waals surface area (Å²) in [5.74, 6) is -0.461. The minimum atomic E-state index is -0.766. The zero-order valence-electron chi connectivity index (χ0n) is 21.2. The maximum Gasteiger partial charge on any atom is 0.356 e. The van der Waals surface area contributed by atoms with E-state index in [2.05, 4.69) is 16.0 Å². The Bertz CT molecular complexity index is 1220. The van der Waals surface area contributed by atoms with Crippen molar-refractivity contribution in [3.8, 4) is 5.75 Å². The van der Waals surface area contributed by atoms with Crippen molar-refractivity contribution in [1.29, 1.82) is 10.8 Å². The van der Waals surface area contributed by atoms with Gasteiger partial charge in [0.25, 0.3) is 5.91 Å². The topological polar surface area (TPSA) is 140 Å². The molecule has 1 aliphatic rings. The molecular formula is C27H32N6O4. The molecule has 1 aliphatic heterocycles. The highest BCUT2D eigenvalue weighted by Crippen LogP contribution is 2.29. The van der Waals surface area contributed by atoms with E-state index in [4.69, 9.17) is 20.3 Å². The van der Waals surface area contributed by atoms with Gasteiger partial charge in [-0.25, -0.2) is 4.79 Å². The van der Waals surface area contributed by atoms with Crippen LogP contribution in [0.1, 0.15) is 13.3 Å². The highest BCUT2D eigenvalue weighted by molar-refractivity contribution is 6.43. The fourth-order valence-corrected chi connectivity index (χ4v) is 3.80. The first kappa shape index (κ1) is 27.0. The molecule has 10 heteroatoms. The van der Waals surface area contributed by atoms with E-state index in [-0.39, 0.29) is 23.9 Å². The Labute approximate surface area is 216 Å². The molecule has 5 N–H and O–H groups in total. The number of ether oxygens (including phenoxy) is 2. The van der Waals surface area contributed by atoms with Gasteiger partial charge in [0, 0.05) is 48.1 Å². The van der Waals surface area contributed by atoms with Gasteiger partial charge in [0.1, 0.15) is 17.2 Å². The van der Waals surface area contributed by atoms with Gasteiger partial charge in [0.15, 0.2) is 0 Å². The molecule has 0 spiro atoms.